The Morgan fingerprint density at radius 2 is 0.942 bits per heavy atom. The summed E-state index contributed by atoms with van der Waals surface area (Å²) in [6.07, 6.45) is -4.61. The van der Waals surface area contributed by atoms with Gasteiger partial charge in [-0.25, -0.2) is 4.79 Å². The van der Waals surface area contributed by atoms with E-state index in [0.717, 1.165) is 6.92 Å². The number of carboxylic acid groups (broad SMARTS) is 2. The maximum atomic E-state index is 14.1. The molecule has 0 saturated heterocycles. The highest BCUT2D eigenvalue weighted by Gasteiger charge is 2.37. The molecule has 69 heavy (non-hydrogen) atoms. The van der Waals surface area contributed by atoms with Crippen molar-refractivity contribution in [3.63, 3.8) is 0 Å². The monoisotopic (exact) mass is 980 g/mol. The van der Waals surface area contributed by atoms with E-state index in [4.69, 9.17) is 5.73 Å². The number of carbonyl (C=O) groups excluding carboxylic acids is 9. The molecule has 0 unspecified atom stereocenters. The lowest BCUT2D eigenvalue weighted by molar-refractivity contribution is -0.143. The Morgan fingerprint density at radius 1 is 0.522 bits per heavy atom. The quantitative estimate of drug-likeness (QED) is 0.0342. The van der Waals surface area contributed by atoms with Crippen molar-refractivity contribution in [3.05, 3.63) is 35.9 Å². The molecule has 1 aromatic rings. The Morgan fingerprint density at radius 3 is 1.42 bits per heavy atom. The summed E-state index contributed by atoms with van der Waals surface area (Å²) >= 11 is 0. The number of hydrogen-bond donors (Lipinski definition) is 15. The molecule has 0 heterocycles. The van der Waals surface area contributed by atoms with E-state index >= 15 is 0 Å². The molecule has 16 N–H and O–H groups in total. The van der Waals surface area contributed by atoms with Gasteiger partial charge in [-0.15, -0.1) is 0 Å². The van der Waals surface area contributed by atoms with Gasteiger partial charge in [0.25, 0.3) is 0 Å². The number of hydrogen-bond acceptors (Lipinski definition) is 15. The molecule has 1 rings (SSSR count). The zero-order chi connectivity index (χ0) is 52.9. The fraction of sp³-hybridized carbons (Fsp3) is 0.605. The van der Waals surface area contributed by atoms with Gasteiger partial charge in [-0.3, -0.25) is 47.9 Å². The molecule has 1 aromatic carbocycles. The van der Waals surface area contributed by atoms with Crippen LogP contribution in [0.4, 0.5) is 0 Å². The van der Waals surface area contributed by atoms with Gasteiger partial charge >= 0.3 is 11.9 Å². The van der Waals surface area contributed by atoms with Crippen molar-refractivity contribution in [1.29, 1.82) is 0 Å². The number of rotatable bonds is 30. The second-order valence-electron chi connectivity index (χ2n) is 16.8. The smallest absolute Gasteiger partial charge is 0.328 e. The van der Waals surface area contributed by atoms with Crippen LogP contribution in [0.1, 0.15) is 80.2 Å². The molecular formula is C43H68N10O16. The number of primary amides is 1. The average Bonchev–Trinajstić information content (AvgIpc) is 3.26. The van der Waals surface area contributed by atoms with E-state index in [1.165, 1.54) is 20.8 Å². The number of aliphatic hydroxyl groups excluding tert-OH is 3. The van der Waals surface area contributed by atoms with Crippen LogP contribution in [0.5, 0.6) is 0 Å². The molecule has 0 aliphatic heterocycles. The molecule has 12 atom stereocenters. The average molecular weight is 981 g/mol. The van der Waals surface area contributed by atoms with Crippen LogP contribution in [0, 0.1) is 5.92 Å². The summed E-state index contributed by atoms with van der Waals surface area (Å²) in [5, 5.41) is 69.9. The maximum absolute atomic E-state index is 14.1. The van der Waals surface area contributed by atoms with Crippen molar-refractivity contribution in [2.45, 2.75) is 154 Å². The molecule has 9 amide bonds. The van der Waals surface area contributed by atoms with Gasteiger partial charge in [0, 0.05) is 12.5 Å². The van der Waals surface area contributed by atoms with Gasteiger partial charge in [-0.05, 0) is 39.2 Å². The Balaban J connectivity index is 3.35. The minimum atomic E-state index is -1.87. The molecule has 0 aromatic heterocycles. The fourth-order valence-corrected chi connectivity index (χ4v) is 6.31. The van der Waals surface area contributed by atoms with Crippen molar-refractivity contribution in [1.82, 2.24) is 47.9 Å². The highest BCUT2D eigenvalue weighted by molar-refractivity contribution is 5.99. The molecule has 0 aliphatic rings. The fourth-order valence-electron chi connectivity index (χ4n) is 6.31. The Kier molecular flexibility index (Phi) is 25.5. The van der Waals surface area contributed by atoms with Gasteiger partial charge in [0.2, 0.25) is 53.2 Å². The number of carbonyl (C=O) groups is 11. The topological polar surface area (TPSA) is 423 Å². The van der Waals surface area contributed by atoms with Gasteiger partial charge < -0.3 is 79.1 Å². The number of aliphatic carboxylic acids is 2. The zero-order valence-electron chi connectivity index (χ0n) is 39.7. The SMILES string of the molecule is CC[C@H](C)[C@H](NC(=O)[C@H](C)NC(=O)[C@H](CC(=O)O)NC(=O)[C@H](C)NC(=O)[C@@H](NC(C)C)[C@@H](C)O)C(=O)N[C@@H](Cc1ccccc1)C(=O)N[C@H](C(=O)N[C@@H](CC(N)=O)C(=O)N[C@@H](CO)C(=O)O)[C@@H](C)O. The third-order valence-corrected chi connectivity index (χ3v) is 10.4. The van der Waals surface area contributed by atoms with Gasteiger partial charge in [0.05, 0.1) is 31.7 Å². The minimum Gasteiger partial charge on any atom is -0.481 e. The third-order valence-electron chi connectivity index (χ3n) is 10.4. The van der Waals surface area contributed by atoms with E-state index in [1.54, 1.807) is 58.0 Å². The number of aliphatic hydroxyl groups is 3. The lowest BCUT2D eigenvalue weighted by Gasteiger charge is -2.29. The number of carboxylic acids is 2. The molecule has 0 radical (unpaired) electrons. The third kappa shape index (κ3) is 21.0. The summed E-state index contributed by atoms with van der Waals surface area (Å²) in [6, 6.07) is -6.17. The van der Waals surface area contributed by atoms with Crippen molar-refractivity contribution in [2.75, 3.05) is 6.61 Å². The summed E-state index contributed by atoms with van der Waals surface area (Å²) < 4.78 is 0. The summed E-state index contributed by atoms with van der Waals surface area (Å²) in [7, 11) is 0. The maximum Gasteiger partial charge on any atom is 0.328 e. The van der Waals surface area contributed by atoms with Gasteiger partial charge in [0.1, 0.15) is 54.4 Å². The van der Waals surface area contributed by atoms with E-state index in [9.17, 15) is 78.3 Å². The number of nitrogens with two attached hydrogens (primary N) is 1. The highest BCUT2D eigenvalue weighted by Crippen LogP contribution is 2.12. The second-order valence-corrected chi connectivity index (χ2v) is 16.8. The molecule has 26 nitrogen and oxygen atoms in total. The number of amides is 9. The van der Waals surface area contributed by atoms with Crippen LogP contribution < -0.4 is 53.6 Å². The van der Waals surface area contributed by atoms with E-state index in [2.05, 4.69) is 42.5 Å². The normalized spacial score (nSPS) is 16.3. The number of nitrogens with one attached hydrogen (secondary N) is 9. The largest absolute Gasteiger partial charge is 0.481 e. The summed E-state index contributed by atoms with van der Waals surface area (Å²) in [5.41, 5.74) is 5.72. The Labute approximate surface area is 398 Å². The van der Waals surface area contributed by atoms with Crippen molar-refractivity contribution >= 4 is 65.1 Å². The molecule has 26 heteroatoms. The van der Waals surface area contributed by atoms with Crippen LogP contribution in [0.15, 0.2) is 30.3 Å². The van der Waals surface area contributed by atoms with E-state index < -0.39 is 157 Å². The Hall–Kier alpha value is -6.77. The molecule has 0 fully saturated rings. The standard InChI is InChI=1S/C43H68N10O16/c1-9-20(4)32(52-36(61)22(6)46-37(62)28(17-31(58)59)48-35(60)21(5)47-41(66)33(23(7)55)45-19(2)3)40(65)49-26(15-25-13-11-10-12-14-25)39(64)53-34(24(8)56)42(67)50-27(16-30(44)57)38(63)51-29(18-54)43(68)69/h10-14,19-24,26-29,32-34,45,54-56H,9,15-18H2,1-8H3,(H2,44,57)(H,46,62)(H,47,66)(H,48,60)(H,49,65)(H,50,67)(H,51,63)(H,52,61)(H,53,64)(H,58,59)(H,68,69)/t20-,21-,22-,23+,24+,26-,27-,28-,29-,32-,33-,34-/m0/s1. The lowest BCUT2D eigenvalue weighted by atomic mass is 9.96. The summed E-state index contributed by atoms with van der Waals surface area (Å²) in [5.74, 6) is -13.2. The first-order chi connectivity index (χ1) is 32.1. The van der Waals surface area contributed by atoms with Crippen LogP contribution in [0.3, 0.4) is 0 Å². The molecule has 0 aliphatic carbocycles. The first kappa shape index (κ1) is 60.2. The van der Waals surface area contributed by atoms with Crippen molar-refractivity contribution < 1.29 is 78.3 Å². The van der Waals surface area contributed by atoms with Crippen LogP contribution in [0.25, 0.3) is 0 Å². The Bertz CT molecular complexity index is 1970. The van der Waals surface area contributed by atoms with Crippen LogP contribution in [-0.2, 0) is 59.2 Å². The van der Waals surface area contributed by atoms with E-state index in [-0.39, 0.29) is 18.9 Å². The zero-order valence-corrected chi connectivity index (χ0v) is 39.7. The summed E-state index contributed by atoms with van der Waals surface area (Å²) in [4.78, 5) is 142. The molecule has 0 saturated carbocycles. The molecule has 0 spiro atoms. The van der Waals surface area contributed by atoms with Crippen LogP contribution >= 0.6 is 0 Å². The first-order valence-corrected chi connectivity index (χ1v) is 22.1. The molecule has 0 bridgehead atoms. The predicted molar refractivity (Wildman–Crippen MR) is 243 cm³/mol. The first-order valence-electron chi connectivity index (χ1n) is 22.1. The van der Waals surface area contributed by atoms with Crippen molar-refractivity contribution in [3.8, 4) is 0 Å². The van der Waals surface area contributed by atoms with Gasteiger partial charge in [-0.2, -0.15) is 0 Å². The van der Waals surface area contributed by atoms with E-state index in [1.807, 2.05) is 5.32 Å². The molecule has 386 valence electrons. The minimum absolute atomic E-state index is 0.223. The van der Waals surface area contributed by atoms with Crippen LogP contribution in [-0.4, -0.2) is 170 Å². The van der Waals surface area contributed by atoms with Crippen molar-refractivity contribution in [2.24, 2.45) is 11.7 Å². The van der Waals surface area contributed by atoms with Gasteiger partial charge in [0.15, 0.2) is 0 Å². The second kappa shape index (κ2) is 29.2. The lowest BCUT2D eigenvalue weighted by Crippen LogP contribution is -2.62. The number of benzene rings is 1. The predicted octanol–water partition coefficient (Wildman–Crippen LogP) is -5.25. The summed E-state index contributed by atoms with van der Waals surface area (Å²) in [6.45, 7) is 10.6. The highest BCUT2D eigenvalue weighted by atomic mass is 16.4. The van der Waals surface area contributed by atoms with E-state index in [0.29, 0.717) is 5.56 Å². The molecular weight excluding hydrogens is 913 g/mol. The van der Waals surface area contributed by atoms with Crippen LogP contribution in [0.2, 0.25) is 0 Å². The van der Waals surface area contributed by atoms with Gasteiger partial charge in [-0.1, -0.05) is 64.4 Å².